The zero-order valence-electron chi connectivity index (χ0n) is 12.6. The zero-order chi connectivity index (χ0) is 17.0. The first-order valence-corrected chi connectivity index (χ1v) is 7.31. The highest BCUT2D eigenvalue weighted by atomic mass is 19.4. The summed E-state index contributed by atoms with van der Waals surface area (Å²) in [6.45, 7) is 1.89. The van der Waals surface area contributed by atoms with E-state index in [0.717, 1.165) is 0 Å². The molecule has 0 spiro atoms. The molecule has 0 amide bonds. The molecule has 2 heterocycles. The lowest BCUT2D eigenvalue weighted by molar-refractivity contribution is -0.176. The van der Waals surface area contributed by atoms with Gasteiger partial charge in [-0.15, -0.1) is 0 Å². The van der Waals surface area contributed by atoms with E-state index in [-0.39, 0.29) is 36.9 Å². The first-order valence-electron chi connectivity index (χ1n) is 7.31. The monoisotopic (exact) mass is 333 g/mol. The molecule has 1 aliphatic rings. The van der Waals surface area contributed by atoms with E-state index in [4.69, 9.17) is 14.9 Å². The molecule has 2 rings (SSSR count). The van der Waals surface area contributed by atoms with E-state index in [1.54, 1.807) is 6.92 Å². The van der Waals surface area contributed by atoms with Crippen LogP contribution in [0.15, 0.2) is 15.7 Å². The van der Waals surface area contributed by atoms with Gasteiger partial charge in [0.1, 0.15) is 6.26 Å². The molecule has 0 bridgehead atoms. The normalized spacial score (nSPS) is 21.3. The van der Waals surface area contributed by atoms with Crippen LogP contribution in [-0.4, -0.2) is 35.6 Å². The molecular weight excluding hydrogens is 315 g/mol. The number of nitrogens with two attached hydrogens (primary N) is 1. The van der Waals surface area contributed by atoms with Crippen molar-refractivity contribution >= 4 is 11.8 Å². The average molecular weight is 333 g/mol. The van der Waals surface area contributed by atoms with Gasteiger partial charge in [-0.05, 0) is 19.8 Å². The molecule has 128 valence electrons. The highest BCUT2D eigenvalue weighted by Gasteiger charge is 2.47. The van der Waals surface area contributed by atoms with Gasteiger partial charge >= 0.3 is 12.1 Å². The molecule has 0 saturated heterocycles. The number of carbonyl (C=O) groups is 1. The van der Waals surface area contributed by atoms with Crippen LogP contribution in [-0.2, 0) is 11.2 Å². The Kier molecular flexibility index (Phi) is 5.27. The van der Waals surface area contributed by atoms with E-state index >= 15 is 0 Å². The second-order valence-electron chi connectivity index (χ2n) is 5.28. The minimum absolute atomic E-state index is 0.0399. The molecule has 2 atom stereocenters. The molecule has 23 heavy (non-hydrogen) atoms. The third-order valence-corrected chi connectivity index (χ3v) is 3.57. The number of alkyl halides is 3. The fourth-order valence-electron chi connectivity index (χ4n) is 2.50. The van der Waals surface area contributed by atoms with Crippen molar-refractivity contribution in [2.45, 2.75) is 44.8 Å². The lowest BCUT2D eigenvalue weighted by Gasteiger charge is -2.20. The number of oxazole rings is 1. The molecule has 0 unspecified atom stereocenters. The van der Waals surface area contributed by atoms with Crippen molar-refractivity contribution in [2.24, 2.45) is 16.6 Å². The second kappa shape index (κ2) is 7.01. The van der Waals surface area contributed by atoms with Crippen molar-refractivity contribution in [3.8, 4) is 0 Å². The Bertz CT molecular complexity index is 583. The van der Waals surface area contributed by atoms with Gasteiger partial charge in [0, 0.05) is 12.8 Å². The second-order valence-corrected chi connectivity index (χ2v) is 5.28. The highest BCUT2D eigenvalue weighted by Crippen LogP contribution is 2.37. The summed E-state index contributed by atoms with van der Waals surface area (Å²) in [5, 5.41) is 0. The lowest BCUT2D eigenvalue weighted by atomic mass is 9.94. The van der Waals surface area contributed by atoms with E-state index in [0.29, 0.717) is 12.8 Å². The SMILES string of the molecule is CCOC(=O)c1coc(CCC[C@@H]2N=C(N)C[C@@H]2C(F)(F)F)n1. The van der Waals surface area contributed by atoms with Crippen LogP contribution in [0.3, 0.4) is 0 Å². The number of rotatable bonds is 6. The van der Waals surface area contributed by atoms with Crippen LogP contribution >= 0.6 is 0 Å². The standard InChI is InChI=1S/C14H18F3N3O3/c1-2-22-13(21)10-7-23-12(20-10)5-3-4-9-8(14(15,16)17)6-11(18)19-9/h7-9H,2-6H2,1H3,(H2,18,19)/t8-,9-/m0/s1. The van der Waals surface area contributed by atoms with Crippen LogP contribution in [0.5, 0.6) is 0 Å². The molecule has 0 radical (unpaired) electrons. The van der Waals surface area contributed by atoms with Crippen molar-refractivity contribution < 1.29 is 27.1 Å². The van der Waals surface area contributed by atoms with Crippen LogP contribution in [0.25, 0.3) is 0 Å². The largest absolute Gasteiger partial charge is 0.461 e. The van der Waals surface area contributed by atoms with E-state index in [1.165, 1.54) is 6.26 Å². The van der Waals surface area contributed by atoms with Gasteiger partial charge in [0.15, 0.2) is 11.6 Å². The molecule has 6 nitrogen and oxygen atoms in total. The Morgan fingerprint density at radius 2 is 2.26 bits per heavy atom. The molecule has 1 aliphatic heterocycles. The smallest absolute Gasteiger partial charge is 0.394 e. The first-order chi connectivity index (χ1) is 10.8. The summed E-state index contributed by atoms with van der Waals surface area (Å²) in [6, 6.07) is -0.866. The lowest BCUT2D eigenvalue weighted by Crippen LogP contribution is -2.30. The summed E-state index contributed by atoms with van der Waals surface area (Å²) in [5.41, 5.74) is 5.48. The molecule has 0 saturated carbocycles. The Morgan fingerprint density at radius 3 is 2.91 bits per heavy atom. The van der Waals surface area contributed by atoms with Crippen molar-refractivity contribution in [3.63, 3.8) is 0 Å². The third-order valence-electron chi connectivity index (χ3n) is 3.57. The van der Waals surface area contributed by atoms with Crippen molar-refractivity contribution in [1.82, 2.24) is 4.98 Å². The van der Waals surface area contributed by atoms with Gasteiger partial charge in [-0.2, -0.15) is 13.2 Å². The van der Waals surface area contributed by atoms with Crippen LogP contribution in [0.1, 0.15) is 42.6 Å². The molecule has 0 aromatic carbocycles. The van der Waals surface area contributed by atoms with Crippen LogP contribution in [0.2, 0.25) is 0 Å². The first kappa shape index (κ1) is 17.3. The number of aliphatic imine (C=N–C) groups is 1. The number of esters is 1. The van der Waals surface area contributed by atoms with Gasteiger partial charge in [-0.1, -0.05) is 0 Å². The minimum atomic E-state index is -4.31. The number of aryl methyl sites for hydroxylation is 1. The Morgan fingerprint density at radius 1 is 1.52 bits per heavy atom. The summed E-state index contributed by atoms with van der Waals surface area (Å²) >= 11 is 0. The van der Waals surface area contributed by atoms with Crippen molar-refractivity contribution in [2.75, 3.05) is 6.61 Å². The van der Waals surface area contributed by atoms with Gasteiger partial charge in [0.2, 0.25) is 0 Å². The summed E-state index contributed by atoms with van der Waals surface area (Å²) in [7, 11) is 0. The molecule has 1 aromatic rings. The maximum absolute atomic E-state index is 12.9. The van der Waals surface area contributed by atoms with Crippen molar-refractivity contribution in [3.05, 3.63) is 17.8 Å². The fraction of sp³-hybridized carbons (Fsp3) is 0.643. The van der Waals surface area contributed by atoms with E-state index < -0.39 is 24.1 Å². The van der Waals surface area contributed by atoms with E-state index in [9.17, 15) is 18.0 Å². The number of amidine groups is 1. The predicted octanol–water partition coefficient (Wildman–Crippen LogP) is 2.48. The van der Waals surface area contributed by atoms with E-state index in [1.807, 2.05) is 0 Å². The molecule has 0 fully saturated rings. The highest BCUT2D eigenvalue weighted by molar-refractivity contribution is 5.86. The summed E-state index contributed by atoms with van der Waals surface area (Å²) in [5.74, 6) is -1.79. The van der Waals surface area contributed by atoms with Gasteiger partial charge in [0.25, 0.3) is 0 Å². The number of nitrogens with zero attached hydrogens (tertiary/aromatic N) is 2. The molecule has 9 heteroatoms. The van der Waals surface area contributed by atoms with Gasteiger partial charge < -0.3 is 14.9 Å². The summed E-state index contributed by atoms with van der Waals surface area (Å²) in [6.07, 6.45) is -2.44. The number of hydrogen-bond acceptors (Lipinski definition) is 6. The topological polar surface area (TPSA) is 90.7 Å². The van der Waals surface area contributed by atoms with Gasteiger partial charge in [-0.25, -0.2) is 9.78 Å². The Balaban J connectivity index is 1.86. The number of ether oxygens (including phenoxy) is 1. The molecule has 2 N–H and O–H groups in total. The predicted molar refractivity (Wildman–Crippen MR) is 75.0 cm³/mol. The van der Waals surface area contributed by atoms with E-state index in [2.05, 4.69) is 9.98 Å². The van der Waals surface area contributed by atoms with Crippen LogP contribution < -0.4 is 5.73 Å². The minimum Gasteiger partial charge on any atom is -0.461 e. The number of hydrogen-bond donors (Lipinski definition) is 1. The molecule has 1 aromatic heterocycles. The summed E-state index contributed by atoms with van der Waals surface area (Å²) < 4.78 is 48.6. The van der Waals surface area contributed by atoms with Crippen LogP contribution in [0.4, 0.5) is 13.2 Å². The number of carbonyl (C=O) groups excluding carboxylic acids is 1. The maximum atomic E-state index is 12.9. The Hall–Kier alpha value is -2.06. The average Bonchev–Trinajstić information content (AvgIpc) is 3.05. The van der Waals surface area contributed by atoms with Gasteiger partial charge in [-0.3, -0.25) is 4.99 Å². The molecule has 0 aliphatic carbocycles. The van der Waals surface area contributed by atoms with Gasteiger partial charge in [0.05, 0.1) is 24.4 Å². The zero-order valence-corrected chi connectivity index (χ0v) is 12.6. The van der Waals surface area contributed by atoms with Crippen molar-refractivity contribution in [1.29, 1.82) is 0 Å². The number of halogens is 3. The quantitative estimate of drug-likeness (QED) is 0.808. The third kappa shape index (κ3) is 4.46. The number of aromatic nitrogens is 1. The maximum Gasteiger partial charge on any atom is 0.394 e. The fourth-order valence-corrected chi connectivity index (χ4v) is 2.50. The van der Waals surface area contributed by atoms with Crippen LogP contribution in [0, 0.1) is 5.92 Å². The molecular formula is C14H18F3N3O3. The Labute approximate surface area is 130 Å². The summed E-state index contributed by atoms with van der Waals surface area (Å²) in [4.78, 5) is 19.3.